The van der Waals surface area contributed by atoms with Crippen LogP contribution in [0, 0.1) is 11.3 Å². The number of rotatable bonds is 7. The number of anilines is 1. The van der Waals surface area contributed by atoms with Gasteiger partial charge in [0, 0.05) is 18.9 Å². The average molecular weight is 269 g/mol. The van der Waals surface area contributed by atoms with E-state index in [4.69, 9.17) is 26.3 Å². The molecule has 18 heavy (non-hydrogen) atoms. The van der Waals surface area contributed by atoms with Crippen LogP contribution in [-0.2, 0) is 9.47 Å². The van der Waals surface area contributed by atoms with Gasteiger partial charge in [0.2, 0.25) is 0 Å². The number of hydrogen-bond acceptors (Lipinski definition) is 4. The monoisotopic (exact) mass is 268 g/mol. The van der Waals surface area contributed by atoms with Crippen LogP contribution in [0.1, 0.15) is 19.4 Å². The molecule has 5 heteroatoms. The van der Waals surface area contributed by atoms with E-state index in [1.807, 2.05) is 19.9 Å². The summed E-state index contributed by atoms with van der Waals surface area (Å²) in [6.07, 6.45) is -0.283. The lowest BCUT2D eigenvalue weighted by atomic mass is 10.2. The molecule has 1 rings (SSSR count). The maximum atomic E-state index is 8.77. The summed E-state index contributed by atoms with van der Waals surface area (Å²) in [5.41, 5.74) is 1.30. The summed E-state index contributed by atoms with van der Waals surface area (Å²) in [5.74, 6) is 0. The fraction of sp³-hybridized carbons (Fsp3) is 0.462. The highest BCUT2D eigenvalue weighted by atomic mass is 35.5. The number of ether oxygens (including phenoxy) is 2. The van der Waals surface area contributed by atoms with Crippen molar-refractivity contribution in [1.29, 1.82) is 5.26 Å². The fourth-order valence-corrected chi connectivity index (χ4v) is 1.68. The molecule has 0 amide bonds. The highest BCUT2D eigenvalue weighted by molar-refractivity contribution is 6.32. The molecule has 4 nitrogen and oxygen atoms in total. The molecule has 1 aromatic carbocycles. The molecule has 0 atom stereocenters. The Morgan fingerprint density at radius 3 is 2.50 bits per heavy atom. The summed E-state index contributed by atoms with van der Waals surface area (Å²) >= 11 is 5.94. The predicted molar refractivity (Wildman–Crippen MR) is 71.7 cm³/mol. The lowest BCUT2D eigenvalue weighted by Gasteiger charge is -2.18. The Morgan fingerprint density at radius 2 is 2.00 bits per heavy atom. The molecule has 0 heterocycles. The van der Waals surface area contributed by atoms with E-state index in [9.17, 15) is 0 Å². The van der Waals surface area contributed by atoms with Gasteiger partial charge in [-0.25, -0.2) is 0 Å². The van der Waals surface area contributed by atoms with Crippen LogP contribution in [0.2, 0.25) is 5.02 Å². The van der Waals surface area contributed by atoms with Gasteiger partial charge in [0.1, 0.15) is 6.07 Å². The molecule has 0 aliphatic carbocycles. The minimum absolute atomic E-state index is 0.283. The Kier molecular flexibility index (Phi) is 6.51. The van der Waals surface area contributed by atoms with Crippen molar-refractivity contribution in [2.45, 2.75) is 20.1 Å². The summed E-state index contributed by atoms with van der Waals surface area (Å²) in [6.45, 7) is 5.57. The first kappa shape index (κ1) is 14.8. The van der Waals surface area contributed by atoms with Crippen molar-refractivity contribution in [3.05, 3.63) is 28.8 Å². The molecule has 0 spiro atoms. The van der Waals surface area contributed by atoms with Gasteiger partial charge in [-0.05, 0) is 32.0 Å². The van der Waals surface area contributed by atoms with Crippen LogP contribution < -0.4 is 5.32 Å². The van der Waals surface area contributed by atoms with Gasteiger partial charge in [0.25, 0.3) is 0 Å². The van der Waals surface area contributed by atoms with Crippen molar-refractivity contribution >= 4 is 17.3 Å². The Labute approximate surface area is 112 Å². The van der Waals surface area contributed by atoms with Crippen LogP contribution in [0.15, 0.2) is 18.2 Å². The van der Waals surface area contributed by atoms with E-state index in [0.717, 1.165) is 5.69 Å². The lowest BCUT2D eigenvalue weighted by Crippen LogP contribution is -2.26. The number of nitriles is 1. The normalized spacial score (nSPS) is 10.4. The zero-order valence-corrected chi connectivity index (χ0v) is 11.3. The van der Waals surface area contributed by atoms with Crippen LogP contribution >= 0.6 is 11.6 Å². The van der Waals surface area contributed by atoms with Crippen molar-refractivity contribution in [3.8, 4) is 6.07 Å². The van der Waals surface area contributed by atoms with E-state index in [1.165, 1.54) is 0 Å². The molecular formula is C13H17ClN2O2. The average Bonchev–Trinajstić information content (AvgIpc) is 2.36. The molecule has 0 saturated heterocycles. The number of benzene rings is 1. The third-order valence-corrected chi connectivity index (χ3v) is 2.58. The van der Waals surface area contributed by atoms with E-state index in [1.54, 1.807) is 18.2 Å². The van der Waals surface area contributed by atoms with Crippen LogP contribution in [-0.4, -0.2) is 26.0 Å². The quantitative estimate of drug-likeness (QED) is 0.773. The fourth-order valence-electron chi connectivity index (χ4n) is 1.45. The second-order valence-electron chi connectivity index (χ2n) is 3.53. The van der Waals surface area contributed by atoms with Gasteiger partial charge in [0.05, 0.1) is 17.1 Å². The standard InChI is InChI=1S/C13H17ClN2O2/c1-3-17-13(18-4-2)9-16-11-6-5-10(8-15)12(14)7-11/h5-7,13,16H,3-4,9H2,1-2H3. The second-order valence-corrected chi connectivity index (χ2v) is 3.93. The highest BCUT2D eigenvalue weighted by Gasteiger charge is 2.08. The molecule has 1 N–H and O–H groups in total. The van der Waals surface area contributed by atoms with Crippen molar-refractivity contribution in [1.82, 2.24) is 0 Å². The number of hydrogen-bond donors (Lipinski definition) is 1. The largest absolute Gasteiger partial charge is 0.380 e. The van der Waals surface area contributed by atoms with Gasteiger partial charge in [-0.1, -0.05) is 11.6 Å². The maximum Gasteiger partial charge on any atom is 0.174 e. The van der Waals surface area contributed by atoms with Gasteiger partial charge < -0.3 is 14.8 Å². The number of nitrogens with one attached hydrogen (secondary N) is 1. The van der Waals surface area contributed by atoms with Gasteiger partial charge in [-0.15, -0.1) is 0 Å². The zero-order valence-electron chi connectivity index (χ0n) is 10.6. The van der Waals surface area contributed by atoms with E-state index >= 15 is 0 Å². The SMILES string of the molecule is CCOC(CNc1ccc(C#N)c(Cl)c1)OCC. The van der Waals surface area contributed by atoms with Crippen LogP contribution in [0.25, 0.3) is 0 Å². The van der Waals surface area contributed by atoms with E-state index < -0.39 is 0 Å². The van der Waals surface area contributed by atoms with E-state index in [2.05, 4.69) is 5.32 Å². The molecule has 0 radical (unpaired) electrons. The van der Waals surface area contributed by atoms with Crippen molar-refractivity contribution in [2.75, 3.05) is 25.1 Å². The minimum atomic E-state index is -0.283. The van der Waals surface area contributed by atoms with Gasteiger partial charge >= 0.3 is 0 Å². The first-order chi connectivity index (χ1) is 8.71. The third-order valence-electron chi connectivity index (χ3n) is 2.27. The summed E-state index contributed by atoms with van der Waals surface area (Å²) in [6, 6.07) is 7.22. The Bertz CT molecular complexity index is 412. The van der Waals surface area contributed by atoms with Crippen LogP contribution in [0.4, 0.5) is 5.69 Å². The van der Waals surface area contributed by atoms with Crippen LogP contribution in [0.5, 0.6) is 0 Å². The molecule has 0 aromatic heterocycles. The maximum absolute atomic E-state index is 8.77. The van der Waals surface area contributed by atoms with Crippen molar-refractivity contribution in [2.24, 2.45) is 0 Å². The topological polar surface area (TPSA) is 54.3 Å². The smallest absolute Gasteiger partial charge is 0.174 e. The first-order valence-electron chi connectivity index (χ1n) is 5.88. The number of nitrogens with zero attached hydrogens (tertiary/aromatic N) is 1. The molecule has 1 aromatic rings. The minimum Gasteiger partial charge on any atom is -0.380 e. The Hall–Kier alpha value is -1.28. The molecule has 0 aliphatic rings. The molecular weight excluding hydrogens is 252 g/mol. The van der Waals surface area contributed by atoms with Gasteiger partial charge in [-0.2, -0.15) is 5.26 Å². The predicted octanol–water partition coefficient (Wildman–Crippen LogP) is 3.02. The Morgan fingerprint density at radius 1 is 1.33 bits per heavy atom. The molecule has 0 saturated carbocycles. The molecule has 0 fully saturated rings. The first-order valence-corrected chi connectivity index (χ1v) is 6.25. The summed E-state index contributed by atoms with van der Waals surface area (Å²) in [5, 5.41) is 12.4. The zero-order chi connectivity index (χ0) is 13.4. The lowest BCUT2D eigenvalue weighted by molar-refractivity contribution is -0.126. The highest BCUT2D eigenvalue weighted by Crippen LogP contribution is 2.20. The summed E-state index contributed by atoms with van der Waals surface area (Å²) in [7, 11) is 0. The Balaban J connectivity index is 2.56. The van der Waals surface area contributed by atoms with E-state index in [-0.39, 0.29) is 6.29 Å². The van der Waals surface area contributed by atoms with Crippen molar-refractivity contribution < 1.29 is 9.47 Å². The number of halogens is 1. The summed E-state index contributed by atoms with van der Waals surface area (Å²) < 4.78 is 10.8. The second kappa shape index (κ2) is 7.93. The van der Waals surface area contributed by atoms with Crippen molar-refractivity contribution in [3.63, 3.8) is 0 Å². The molecule has 0 aliphatic heterocycles. The summed E-state index contributed by atoms with van der Waals surface area (Å²) in [4.78, 5) is 0. The van der Waals surface area contributed by atoms with Gasteiger partial charge in [-0.3, -0.25) is 0 Å². The molecule has 0 unspecified atom stereocenters. The third kappa shape index (κ3) is 4.53. The van der Waals surface area contributed by atoms with E-state index in [0.29, 0.717) is 30.3 Å². The molecule has 0 bridgehead atoms. The molecule has 98 valence electrons. The van der Waals surface area contributed by atoms with Gasteiger partial charge in [0.15, 0.2) is 6.29 Å². The van der Waals surface area contributed by atoms with Crippen LogP contribution in [0.3, 0.4) is 0 Å².